The van der Waals surface area contributed by atoms with E-state index >= 15 is 0 Å². The second kappa shape index (κ2) is 9.11. The molecular weight excluding hydrogens is 228 g/mol. The normalized spacial score (nSPS) is 21.2. The van der Waals surface area contributed by atoms with Gasteiger partial charge >= 0.3 is 0 Å². The lowest BCUT2D eigenvalue weighted by molar-refractivity contribution is -0.120. The van der Waals surface area contributed by atoms with Gasteiger partial charge in [0.25, 0.3) is 0 Å². The summed E-state index contributed by atoms with van der Waals surface area (Å²) in [6.45, 7) is 5.63. The standard InChI is InChI=1S/C14H26N2O2/c1-12-6-4-3-5-7-13(10-12)18-9-8-16-14(17)11-15-2/h13,15H,1,3-11H2,2H3,(H,16,17). The quantitative estimate of drug-likeness (QED) is 0.559. The molecule has 1 rings (SSSR count). The highest BCUT2D eigenvalue weighted by molar-refractivity contribution is 5.77. The molecule has 2 N–H and O–H groups in total. The Morgan fingerprint density at radius 3 is 3.06 bits per heavy atom. The Morgan fingerprint density at radius 1 is 1.44 bits per heavy atom. The van der Waals surface area contributed by atoms with E-state index in [1.807, 2.05) is 0 Å². The maximum atomic E-state index is 11.2. The third kappa shape index (κ3) is 6.77. The minimum atomic E-state index is 0.0168. The van der Waals surface area contributed by atoms with Gasteiger partial charge in [-0.25, -0.2) is 0 Å². The van der Waals surface area contributed by atoms with Gasteiger partial charge < -0.3 is 15.4 Å². The Bertz CT molecular complexity index is 267. The van der Waals surface area contributed by atoms with Crippen molar-refractivity contribution in [2.75, 3.05) is 26.7 Å². The Hall–Kier alpha value is -0.870. The summed E-state index contributed by atoms with van der Waals surface area (Å²) in [6, 6.07) is 0. The van der Waals surface area contributed by atoms with E-state index in [0.29, 0.717) is 25.8 Å². The predicted octanol–water partition coefficient (Wildman–Crippen LogP) is 1.62. The summed E-state index contributed by atoms with van der Waals surface area (Å²) in [7, 11) is 1.76. The van der Waals surface area contributed by atoms with Crippen LogP contribution in [0.15, 0.2) is 12.2 Å². The van der Waals surface area contributed by atoms with Gasteiger partial charge in [0.15, 0.2) is 0 Å². The summed E-state index contributed by atoms with van der Waals surface area (Å²) in [5.74, 6) is 0.0168. The van der Waals surface area contributed by atoms with Crippen LogP contribution in [-0.2, 0) is 9.53 Å². The van der Waals surface area contributed by atoms with Crippen molar-refractivity contribution < 1.29 is 9.53 Å². The van der Waals surface area contributed by atoms with Crippen LogP contribution in [0.2, 0.25) is 0 Å². The number of hydrogen-bond acceptors (Lipinski definition) is 3. The van der Waals surface area contributed by atoms with Crippen molar-refractivity contribution in [2.24, 2.45) is 0 Å². The van der Waals surface area contributed by atoms with Crippen molar-refractivity contribution in [3.63, 3.8) is 0 Å². The van der Waals surface area contributed by atoms with Crippen LogP contribution in [0.25, 0.3) is 0 Å². The minimum Gasteiger partial charge on any atom is -0.376 e. The number of nitrogens with one attached hydrogen (secondary N) is 2. The zero-order valence-electron chi connectivity index (χ0n) is 11.5. The molecule has 0 saturated heterocycles. The van der Waals surface area contributed by atoms with Gasteiger partial charge in [-0.05, 0) is 32.7 Å². The number of carbonyl (C=O) groups is 1. The molecule has 0 spiro atoms. The summed E-state index contributed by atoms with van der Waals surface area (Å²) in [5.41, 5.74) is 1.30. The lowest BCUT2D eigenvalue weighted by atomic mass is 9.95. The highest BCUT2D eigenvalue weighted by Gasteiger charge is 2.13. The molecule has 0 radical (unpaired) electrons. The second-order valence-electron chi connectivity index (χ2n) is 4.93. The molecule has 1 fully saturated rings. The van der Waals surface area contributed by atoms with Gasteiger partial charge in [0.1, 0.15) is 0 Å². The highest BCUT2D eigenvalue weighted by atomic mass is 16.5. The number of amides is 1. The first-order chi connectivity index (χ1) is 8.72. The topological polar surface area (TPSA) is 50.4 Å². The smallest absolute Gasteiger partial charge is 0.234 e. The van der Waals surface area contributed by atoms with Gasteiger partial charge in [0.05, 0.1) is 19.3 Å². The fourth-order valence-electron chi connectivity index (χ4n) is 2.23. The maximum absolute atomic E-state index is 11.2. The molecule has 1 saturated carbocycles. The first-order valence-electron chi connectivity index (χ1n) is 6.92. The van der Waals surface area contributed by atoms with Crippen molar-refractivity contribution in [2.45, 2.75) is 44.6 Å². The van der Waals surface area contributed by atoms with Gasteiger partial charge in [0.2, 0.25) is 5.91 Å². The van der Waals surface area contributed by atoms with E-state index in [2.05, 4.69) is 17.2 Å². The largest absolute Gasteiger partial charge is 0.376 e. The number of rotatable bonds is 6. The maximum Gasteiger partial charge on any atom is 0.234 e. The summed E-state index contributed by atoms with van der Waals surface area (Å²) >= 11 is 0. The number of ether oxygens (including phenoxy) is 1. The van der Waals surface area contributed by atoms with Crippen LogP contribution in [-0.4, -0.2) is 38.8 Å². The van der Waals surface area contributed by atoms with Crippen LogP contribution >= 0.6 is 0 Å². The Labute approximate surface area is 110 Å². The van der Waals surface area contributed by atoms with Crippen LogP contribution in [0.1, 0.15) is 38.5 Å². The first-order valence-corrected chi connectivity index (χ1v) is 6.92. The summed E-state index contributed by atoms with van der Waals surface area (Å²) in [5, 5.41) is 5.63. The SMILES string of the molecule is C=C1CCCCCC(OCCNC(=O)CNC)C1. The molecule has 1 amide bonds. The molecule has 18 heavy (non-hydrogen) atoms. The fraction of sp³-hybridized carbons (Fsp3) is 0.786. The third-order valence-corrected chi connectivity index (χ3v) is 3.19. The molecule has 0 aromatic heterocycles. The second-order valence-corrected chi connectivity index (χ2v) is 4.93. The average Bonchev–Trinajstić information content (AvgIpc) is 2.31. The zero-order valence-corrected chi connectivity index (χ0v) is 11.5. The molecule has 1 aliphatic rings. The first kappa shape index (κ1) is 15.2. The van der Waals surface area contributed by atoms with Crippen molar-refractivity contribution in [1.82, 2.24) is 10.6 Å². The molecule has 1 aliphatic carbocycles. The molecule has 104 valence electrons. The van der Waals surface area contributed by atoms with Gasteiger partial charge in [-0.1, -0.05) is 25.0 Å². The van der Waals surface area contributed by atoms with Crippen LogP contribution in [0, 0.1) is 0 Å². The van der Waals surface area contributed by atoms with Crippen molar-refractivity contribution in [3.8, 4) is 0 Å². The number of hydrogen-bond donors (Lipinski definition) is 2. The van der Waals surface area contributed by atoms with E-state index in [0.717, 1.165) is 19.3 Å². The molecule has 0 bridgehead atoms. The van der Waals surface area contributed by atoms with Gasteiger partial charge in [0, 0.05) is 6.54 Å². The van der Waals surface area contributed by atoms with Gasteiger partial charge in [-0.2, -0.15) is 0 Å². The summed E-state index contributed by atoms with van der Waals surface area (Å²) in [4.78, 5) is 11.2. The molecule has 1 unspecified atom stereocenters. The van der Waals surface area contributed by atoms with E-state index in [9.17, 15) is 4.79 Å². The van der Waals surface area contributed by atoms with E-state index in [1.54, 1.807) is 7.05 Å². The Kier molecular flexibility index (Phi) is 7.69. The van der Waals surface area contributed by atoms with E-state index < -0.39 is 0 Å². The monoisotopic (exact) mass is 254 g/mol. The lowest BCUT2D eigenvalue weighted by Gasteiger charge is -2.21. The molecule has 0 aromatic carbocycles. The Balaban J connectivity index is 2.12. The molecule has 4 nitrogen and oxygen atoms in total. The van der Waals surface area contributed by atoms with Gasteiger partial charge in [-0.3, -0.25) is 4.79 Å². The van der Waals surface area contributed by atoms with Gasteiger partial charge in [-0.15, -0.1) is 0 Å². The molecule has 0 aliphatic heterocycles. The molecular formula is C14H26N2O2. The van der Waals surface area contributed by atoms with E-state index in [1.165, 1.54) is 24.8 Å². The predicted molar refractivity (Wildman–Crippen MR) is 73.5 cm³/mol. The van der Waals surface area contributed by atoms with Crippen molar-refractivity contribution >= 4 is 5.91 Å². The average molecular weight is 254 g/mol. The Morgan fingerprint density at radius 2 is 2.28 bits per heavy atom. The fourth-order valence-corrected chi connectivity index (χ4v) is 2.23. The van der Waals surface area contributed by atoms with E-state index in [-0.39, 0.29) is 5.91 Å². The molecule has 4 heteroatoms. The number of carbonyl (C=O) groups excluding carboxylic acids is 1. The molecule has 1 atom stereocenters. The zero-order chi connectivity index (χ0) is 13.2. The van der Waals surface area contributed by atoms with Crippen molar-refractivity contribution in [1.29, 1.82) is 0 Å². The van der Waals surface area contributed by atoms with E-state index in [4.69, 9.17) is 4.74 Å². The number of likely N-dealkylation sites (N-methyl/N-ethyl adjacent to an activating group) is 1. The molecule has 0 heterocycles. The van der Waals surface area contributed by atoms with Crippen LogP contribution in [0.4, 0.5) is 0 Å². The van der Waals surface area contributed by atoms with Crippen molar-refractivity contribution in [3.05, 3.63) is 12.2 Å². The minimum absolute atomic E-state index is 0.0168. The van der Waals surface area contributed by atoms with Crippen LogP contribution in [0.3, 0.4) is 0 Å². The van der Waals surface area contributed by atoms with Crippen LogP contribution < -0.4 is 10.6 Å². The van der Waals surface area contributed by atoms with Crippen LogP contribution in [0.5, 0.6) is 0 Å². The summed E-state index contributed by atoms with van der Waals surface area (Å²) < 4.78 is 5.82. The lowest BCUT2D eigenvalue weighted by Crippen LogP contribution is -2.35. The highest BCUT2D eigenvalue weighted by Crippen LogP contribution is 2.22. The third-order valence-electron chi connectivity index (χ3n) is 3.19. The molecule has 0 aromatic rings. The summed E-state index contributed by atoms with van der Waals surface area (Å²) in [6.07, 6.45) is 7.30.